The predicted molar refractivity (Wildman–Crippen MR) is 77.8 cm³/mol. The third-order valence-electron chi connectivity index (χ3n) is 3.37. The summed E-state index contributed by atoms with van der Waals surface area (Å²) >= 11 is 5.95. The molecule has 0 saturated carbocycles. The van der Waals surface area contributed by atoms with Gasteiger partial charge in [0.15, 0.2) is 0 Å². The quantitative estimate of drug-likeness (QED) is 0.887. The zero-order valence-electron chi connectivity index (χ0n) is 11.4. The normalized spacial score (nSPS) is 17.9. The highest BCUT2D eigenvalue weighted by Crippen LogP contribution is 2.20. The van der Waals surface area contributed by atoms with Crippen LogP contribution in [0, 0.1) is 5.92 Å². The number of nitrogens with one attached hydrogen (secondary N) is 2. The summed E-state index contributed by atoms with van der Waals surface area (Å²) in [7, 11) is 0. The van der Waals surface area contributed by atoms with Gasteiger partial charge in [-0.05, 0) is 18.8 Å². The van der Waals surface area contributed by atoms with E-state index in [4.69, 9.17) is 11.6 Å². The number of aromatic nitrogens is 2. The molecule has 1 aliphatic rings. The lowest BCUT2D eigenvalue weighted by molar-refractivity contribution is 0.198. The molecule has 0 bridgehead atoms. The van der Waals surface area contributed by atoms with Crippen LogP contribution in [0.25, 0.3) is 0 Å². The summed E-state index contributed by atoms with van der Waals surface area (Å²) in [5, 5.41) is 9.61. The molecule has 0 aliphatic carbocycles. The Bertz CT molecular complexity index is 466. The number of hydrogen-bond acceptors (Lipinski definition) is 4. The van der Waals surface area contributed by atoms with Gasteiger partial charge in [-0.2, -0.15) is 5.10 Å². The van der Waals surface area contributed by atoms with Crippen LogP contribution in [0.3, 0.4) is 0 Å². The van der Waals surface area contributed by atoms with Gasteiger partial charge in [0.25, 0.3) is 5.56 Å². The summed E-state index contributed by atoms with van der Waals surface area (Å²) in [6.07, 6.45) is 3.70. The first kappa shape index (κ1) is 14.3. The maximum absolute atomic E-state index is 11.4. The molecule has 0 aromatic carbocycles. The second kappa shape index (κ2) is 6.39. The number of anilines is 1. The maximum atomic E-state index is 11.4. The van der Waals surface area contributed by atoms with Gasteiger partial charge in [-0.3, -0.25) is 4.79 Å². The van der Waals surface area contributed by atoms with Crippen molar-refractivity contribution in [3.63, 3.8) is 0 Å². The van der Waals surface area contributed by atoms with Crippen LogP contribution in [0.4, 0.5) is 5.69 Å². The molecule has 106 valence electrons. The first-order chi connectivity index (χ1) is 9.06. The highest BCUT2D eigenvalue weighted by Gasteiger charge is 2.20. The number of H-pyrrole nitrogens is 1. The largest absolute Gasteiger partial charge is 0.380 e. The van der Waals surface area contributed by atoms with E-state index >= 15 is 0 Å². The van der Waals surface area contributed by atoms with Gasteiger partial charge in [0, 0.05) is 25.7 Å². The number of hydrogen-bond donors (Lipinski definition) is 2. The number of aromatic amines is 1. The van der Waals surface area contributed by atoms with E-state index in [0.717, 1.165) is 32.5 Å². The van der Waals surface area contributed by atoms with Gasteiger partial charge in [0.1, 0.15) is 5.02 Å². The van der Waals surface area contributed by atoms with E-state index in [1.807, 2.05) is 0 Å². The van der Waals surface area contributed by atoms with E-state index in [2.05, 4.69) is 34.3 Å². The van der Waals surface area contributed by atoms with Crippen molar-refractivity contribution in [2.45, 2.75) is 32.7 Å². The molecule has 2 heterocycles. The topological polar surface area (TPSA) is 61.0 Å². The zero-order valence-corrected chi connectivity index (χ0v) is 12.2. The van der Waals surface area contributed by atoms with Crippen LogP contribution >= 0.6 is 11.6 Å². The number of rotatable bonds is 4. The van der Waals surface area contributed by atoms with Crippen LogP contribution in [0.1, 0.15) is 26.7 Å². The van der Waals surface area contributed by atoms with E-state index in [1.54, 1.807) is 6.20 Å². The van der Waals surface area contributed by atoms with E-state index < -0.39 is 0 Å². The third-order valence-corrected chi connectivity index (χ3v) is 3.74. The standard InChI is InChI=1S/C13H21ClN4O/c1-9(2)8-18-5-3-10(4-6-18)16-11-7-15-17-13(19)12(11)14/h7,9-10H,3-6,8H2,1-2H3,(H2,16,17,19). The highest BCUT2D eigenvalue weighted by atomic mass is 35.5. The Labute approximate surface area is 118 Å². The average Bonchev–Trinajstić information content (AvgIpc) is 2.37. The minimum absolute atomic E-state index is 0.194. The Morgan fingerprint density at radius 3 is 2.84 bits per heavy atom. The van der Waals surface area contributed by atoms with E-state index in [-0.39, 0.29) is 10.6 Å². The van der Waals surface area contributed by atoms with Crippen molar-refractivity contribution in [1.82, 2.24) is 15.1 Å². The van der Waals surface area contributed by atoms with Gasteiger partial charge in [-0.15, -0.1) is 0 Å². The van der Waals surface area contributed by atoms with Crippen molar-refractivity contribution >= 4 is 17.3 Å². The van der Waals surface area contributed by atoms with E-state index in [1.165, 1.54) is 0 Å². The van der Waals surface area contributed by atoms with Crippen LogP contribution in [0.5, 0.6) is 0 Å². The smallest absolute Gasteiger partial charge is 0.285 e. The molecule has 5 nitrogen and oxygen atoms in total. The SMILES string of the molecule is CC(C)CN1CCC(Nc2cn[nH]c(=O)c2Cl)CC1. The van der Waals surface area contributed by atoms with Gasteiger partial charge in [-0.1, -0.05) is 25.4 Å². The first-order valence-electron chi connectivity index (χ1n) is 6.78. The lowest BCUT2D eigenvalue weighted by Crippen LogP contribution is -2.40. The molecule has 0 amide bonds. The second-order valence-corrected chi connectivity index (χ2v) is 5.92. The Kier molecular flexibility index (Phi) is 4.82. The fourth-order valence-corrected chi connectivity index (χ4v) is 2.63. The Morgan fingerprint density at radius 2 is 2.21 bits per heavy atom. The van der Waals surface area contributed by atoms with Crippen molar-refractivity contribution in [2.75, 3.05) is 25.0 Å². The fourth-order valence-electron chi connectivity index (χ4n) is 2.48. The van der Waals surface area contributed by atoms with E-state index in [9.17, 15) is 4.79 Å². The Hall–Kier alpha value is -1.07. The van der Waals surface area contributed by atoms with Crippen LogP contribution in [0.15, 0.2) is 11.0 Å². The zero-order chi connectivity index (χ0) is 13.8. The fraction of sp³-hybridized carbons (Fsp3) is 0.692. The summed E-state index contributed by atoms with van der Waals surface area (Å²) in [6, 6.07) is 0.365. The van der Waals surface area contributed by atoms with Crippen molar-refractivity contribution < 1.29 is 0 Å². The van der Waals surface area contributed by atoms with Gasteiger partial charge in [0.2, 0.25) is 0 Å². The van der Waals surface area contributed by atoms with Crippen LogP contribution in [-0.4, -0.2) is 40.8 Å². The summed E-state index contributed by atoms with van der Waals surface area (Å²) < 4.78 is 0. The summed E-state index contributed by atoms with van der Waals surface area (Å²) in [5.41, 5.74) is 0.289. The van der Waals surface area contributed by atoms with Gasteiger partial charge < -0.3 is 10.2 Å². The van der Waals surface area contributed by atoms with Crippen LogP contribution in [-0.2, 0) is 0 Å². The lowest BCUT2D eigenvalue weighted by atomic mass is 10.0. The first-order valence-corrected chi connectivity index (χ1v) is 7.16. The average molecular weight is 285 g/mol. The van der Waals surface area contributed by atoms with Crippen molar-refractivity contribution in [2.24, 2.45) is 5.92 Å². The lowest BCUT2D eigenvalue weighted by Gasteiger charge is -2.33. The molecule has 0 radical (unpaired) electrons. The van der Waals surface area contributed by atoms with Crippen molar-refractivity contribution in [3.05, 3.63) is 21.6 Å². The second-order valence-electron chi connectivity index (χ2n) is 5.54. The molecule has 1 aliphatic heterocycles. The molecule has 2 rings (SSSR count). The molecule has 1 fully saturated rings. The van der Waals surface area contributed by atoms with Crippen LogP contribution in [0.2, 0.25) is 5.02 Å². The van der Waals surface area contributed by atoms with Crippen molar-refractivity contribution in [3.8, 4) is 0 Å². The number of likely N-dealkylation sites (tertiary alicyclic amines) is 1. The molecule has 19 heavy (non-hydrogen) atoms. The third kappa shape index (κ3) is 3.94. The van der Waals surface area contributed by atoms with E-state index in [0.29, 0.717) is 17.6 Å². The van der Waals surface area contributed by atoms with Gasteiger partial charge in [0.05, 0.1) is 11.9 Å². The predicted octanol–water partition coefficient (Wildman–Crippen LogP) is 1.96. The molecular formula is C13H21ClN4O. The Balaban J connectivity index is 1.89. The minimum atomic E-state index is -0.344. The molecule has 0 unspecified atom stereocenters. The minimum Gasteiger partial charge on any atom is -0.380 e. The summed E-state index contributed by atoms with van der Waals surface area (Å²) in [6.45, 7) is 7.81. The maximum Gasteiger partial charge on any atom is 0.285 e. The Morgan fingerprint density at radius 1 is 1.53 bits per heavy atom. The molecular weight excluding hydrogens is 264 g/mol. The molecule has 0 atom stereocenters. The monoisotopic (exact) mass is 284 g/mol. The number of nitrogens with zero attached hydrogens (tertiary/aromatic N) is 2. The molecule has 0 spiro atoms. The molecule has 1 saturated heterocycles. The van der Waals surface area contributed by atoms with Gasteiger partial charge >= 0.3 is 0 Å². The van der Waals surface area contributed by atoms with Gasteiger partial charge in [-0.25, -0.2) is 5.10 Å². The summed E-state index contributed by atoms with van der Waals surface area (Å²) in [4.78, 5) is 13.8. The van der Waals surface area contributed by atoms with Crippen molar-refractivity contribution in [1.29, 1.82) is 0 Å². The highest BCUT2D eigenvalue weighted by molar-refractivity contribution is 6.32. The number of halogens is 1. The van der Waals surface area contributed by atoms with Crippen LogP contribution < -0.4 is 10.9 Å². The molecule has 6 heteroatoms. The number of piperidine rings is 1. The summed E-state index contributed by atoms with van der Waals surface area (Å²) in [5.74, 6) is 0.704. The molecule has 2 N–H and O–H groups in total. The molecule has 1 aromatic rings. The molecule has 1 aromatic heterocycles.